The quantitative estimate of drug-likeness (QED) is 0.275. The average molecular weight is 461 g/mol. The number of aliphatic imine (C=N–C) groups is 1. The third kappa shape index (κ3) is 4.69. The molecular weight excluding hydrogens is 433 g/mol. The summed E-state index contributed by atoms with van der Waals surface area (Å²) in [5, 5.41) is 8.68. The zero-order valence-corrected chi connectivity index (χ0v) is 19.5. The summed E-state index contributed by atoms with van der Waals surface area (Å²) < 4.78 is 20.1. The Morgan fingerprint density at radius 1 is 1.50 bits per heavy atom. The van der Waals surface area contributed by atoms with Crippen LogP contribution >= 0.6 is 8.38 Å². The Labute approximate surface area is 187 Å². The Kier molecular flexibility index (Phi) is 6.86. The molecule has 12 heteroatoms. The van der Waals surface area contributed by atoms with Crippen molar-refractivity contribution >= 4 is 31.8 Å². The molecular formula is C20H28N7O4P. The topological polar surface area (TPSA) is 131 Å². The summed E-state index contributed by atoms with van der Waals surface area (Å²) in [6.45, 7) is 4.50. The van der Waals surface area contributed by atoms with Crippen LogP contribution in [0.15, 0.2) is 16.1 Å². The molecule has 0 spiro atoms. The van der Waals surface area contributed by atoms with Gasteiger partial charge >= 0.3 is 0 Å². The van der Waals surface area contributed by atoms with E-state index in [1.165, 1.54) is 0 Å². The van der Waals surface area contributed by atoms with Crippen LogP contribution in [0.4, 0.5) is 5.95 Å². The Balaban J connectivity index is 1.52. The van der Waals surface area contributed by atoms with E-state index in [1.54, 1.807) is 17.6 Å². The van der Waals surface area contributed by atoms with E-state index in [0.717, 1.165) is 12.8 Å². The molecule has 2 fully saturated rings. The lowest BCUT2D eigenvalue weighted by molar-refractivity contribution is -0.0448. The molecule has 1 saturated carbocycles. The van der Waals surface area contributed by atoms with Crippen molar-refractivity contribution < 1.29 is 13.8 Å². The van der Waals surface area contributed by atoms with Gasteiger partial charge in [0.25, 0.3) is 5.56 Å². The van der Waals surface area contributed by atoms with Gasteiger partial charge in [-0.2, -0.15) is 10.2 Å². The highest BCUT2D eigenvalue weighted by atomic mass is 31.2. The second kappa shape index (κ2) is 9.63. The molecule has 1 aliphatic carbocycles. The zero-order chi connectivity index (χ0) is 22.8. The summed E-state index contributed by atoms with van der Waals surface area (Å²) in [4.78, 5) is 29.8. The Morgan fingerprint density at radius 2 is 2.31 bits per heavy atom. The highest BCUT2D eigenvalue weighted by Crippen LogP contribution is 2.51. The van der Waals surface area contributed by atoms with Gasteiger partial charge < -0.3 is 18.7 Å². The van der Waals surface area contributed by atoms with Crippen molar-refractivity contribution in [2.75, 3.05) is 27.4 Å². The number of nitrogens with one attached hydrogen (secondary N) is 1. The van der Waals surface area contributed by atoms with Gasteiger partial charge in [-0.3, -0.25) is 14.3 Å². The van der Waals surface area contributed by atoms with E-state index in [4.69, 9.17) is 19.0 Å². The standard InChI is InChI=1S/C20H28N7O4P/c1-12-8-14(31-32(4)29-7-5-6-21)17-13(12)9-15(30-17)27-11-22-16-18(27)24-20(25-19(16)28)23-10-26(2)3/h10-15,17H,5,7-9H2,1-4H3,(H,24,25,28)/b23-10-/t12-,13+,14-,15+,17+,32?/m1/s1. The Morgan fingerprint density at radius 3 is 3.06 bits per heavy atom. The van der Waals surface area contributed by atoms with Crippen molar-refractivity contribution in [3.05, 3.63) is 16.7 Å². The SMILES string of the molecule is C[C@@H]1C[C@@H](OP(C)OCCC#N)[C@H]2O[C@H](n3cnc4c(=O)[nH]c(/N=C\N(C)C)nc43)C[C@H]21. The summed E-state index contributed by atoms with van der Waals surface area (Å²) >= 11 is 0. The molecule has 6 atom stereocenters. The molecule has 1 aliphatic heterocycles. The van der Waals surface area contributed by atoms with Crippen molar-refractivity contribution in [2.45, 2.75) is 44.6 Å². The maximum absolute atomic E-state index is 12.5. The minimum absolute atomic E-state index is 0.0646. The first-order valence-corrected chi connectivity index (χ1v) is 12.2. The van der Waals surface area contributed by atoms with Gasteiger partial charge in [-0.15, -0.1) is 0 Å². The fraction of sp³-hybridized carbons (Fsp3) is 0.650. The van der Waals surface area contributed by atoms with Crippen LogP contribution in [0.3, 0.4) is 0 Å². The van der Waals surface area contributed by atoms with Gasteiger partial charge in [0.05, 0.1) is 44.0 Å². The molecule has 2 aromatic rings. The molecule has 3 heterocycles. The molecule has 1 saturated heterocycles. The van der Waals surface area contributed by atoms with Crippen molar-refractivity contribution in [1.82, 2.24) is 24.4 Å². The summed E-state index contributed by atoms with van der Waals surface area (Å²) in [6, 6.07) is 2.07. The van der Waals surface area contributed by atoms with Crippen LogP contribution in [0.5, 0.6) is 0 Å². The van der Waals surface area contributed by atoms with Crippen LogP contribution in [-0.4, -0.2) is 70.3 Å². The molecule has 0 aromatic carbocycles. The van der Waals surface area contributed by atoms with E-state index < -0.39 is 8.38 Å². The predicted molar refractivity (Wildman–Crippen MR) is 120 cm³/mol. The van der Waals surface area contributed by atoms with Crippen LogP contribution < -0.4 is 5.56 Å². The number of nitrogens with zero attached hydrogens (tertiary/aromatic N) is 6. The number of rotatable bonds is 8. The molecule has 1 unspecified atom stereocenters. The predicted octanol–water partition coefficient (Wildman–Crippen LogP) is 2.54. The minimum atomic E-state index is -1.08. The molecule has 0 radical (unpaired) electrons. The highest BCUT2D eigenvalue weighted by Gasteiger charge is 2.50. The van der Waals surface area contributed by atoms with Crippen molar-refractivity contribution in [1.29, 1.82) is 5.26 Å². The summed E-state index contributed by atoms with van der Waals surface area (Å²) in [6.07, 6.45) is 4.81. The van der Waals surface area contributed by atoms with E-state index in [2.05, 4.69) is 32.9 Å². The lowest BCUT2D eigenvalue weighted by Crippen LogP contribution is -2.26. The molecule has 2 aromatic heterocycles. The van der Waals surface area contributed by atoms with E-state index in [0.29, 0.717) is 30.5 Å². The van der Waals surface area contributed by atoms with E-state index in [1.807, 2.05) is 25.3 Å². The third-order valence-corrected chi connectivity index (χ3v) is 6.94. The fourth-order valence-corrected chi connectivity index (χ4v) is 5.38. The van der Waals surface area contributed by atoms with Gasteiger partial charge in [-0.1, -0.05) is 6.92 Å². The average Bonchev–Trinajstić information content (AvgIpc) is 3.42. The number of H-pyrrole nitrogens is 1. The number of aromatic amines is 1. The Hall–Kier alpha value is -2.38. The van der Waals surface area contributed by atoms with Crippen molar-refractivity contribution in [3.8, 4) is 6.07 Å². The largest absolute Gasteiger partial charge is 0.369 e. The van der Waals surface area contributed by atoms with Crippen LogP contribution in [0.1, 0.15) is 32.4 Å². The van der Waals surface area contributed by atoms with Crippen LogP contribution in [0, 0.1) is 23.2 Å². The maximum atomic E-state index is 12.5. The number of aromatic nitrogens is 4. The van der Waals surface area contributed by atoms with Crippen molar-refractivity contribution in [3.63, 3.8) is 0 Å². The number of hydrogen-bond acceptors (Lipinski definition) is 8. The second-order valence-electron chi connectivity index (χ2n) is 8.41. The van der Waals surface area contributed by atoms with Gasteiger partial charge in [-0.25, -0.2) is 9.98 Å². The van der Waals surface area contributed by atoms with Gasteiger partial charge in [0.1, 0.15) is 6.23 Å². The fourth-order valence-electron chi connectivity index (χ4n) is 4.38. The van der Waals surface area contributed by atoms with Gasteiger partial charge in [0, 0.05) is 20.8 Å². The molecule has 1 N–H and O–H groups in total. The first-order chi connectivity index (χ1) is 15.4. The number of fused-ring (bicyclic) bond motifs is 2. The number of nitriles is 1. The highest BCUT2D eigenvalue weighted by molar-refractivity contribution is 7.46. The summed E-state index contributed by atoms with van der Waals surface area (Å²) in [5.74, 6) is 0.985. The Bertz CT molecular complexity index is 1080. The molecule has 0 bridgehead atoms. The molecule has 11 nitrogen and oxygen atoms in total. The van der Waals surface area contributed by atoms with Gasteiger partial charge in [0.15, 0.2) is 19.5 Å². The van der Waals surface area contributed by atoms with Crippen LogP contribution in [0.25, 0.3) is 11.2 Å². The molecule has 0 amide bonds. The molecule has 4 rings (SSSR count). The number of hydrogen-bond donors (Lipinski definition) is 1. The van der Waals surface area contributed by atoms with Crippen LogP contribution in [0.2, 0.25) is 0 Å². The summed E-state index contributed by atoms with van der Waals surface area (Å²) in [5.41, 5.74) is 0.379. The molecule has 172 valence electrons. The van der Waals surface area contributed by atoms with Gasteiger partial charge in [0.2, 0.25) is 5.95 Å². The van der Waals surface area contributed by atoms with Crippen molar-refractivity contribution in [2.24, 2.45) is 16.8 Å². The first-order valence-electron chi connectivity index (χ1n) is 10.6. The smallest absolute Gasteiger partial charge is 0.280 e. The van der Waals surface area contributed by atoms with Gasteiger partial charge in [-0.05, 0) is 24.7 Å². The molecule has 2 aliphatic rings. The lowest BCUT2D eigenvalue weighted by Gasteiger charge is -2.23. The number of imidazole rings is 1. The third-order valence-electron chi connectivity index (χ3n) is 5.82. The van der Waals surface area contributed by atoms with E-state index in [-0.39, 0.29) is 35.5 Å². The van der Waals surface area contributed by atoms with E-state index in [9.17, 15) is 4.79 Å². The monoisotopic (exact) mass is 461 g/mol. The van der Waals surface area contributed by atoms with Crippen LogP contribution in [-0.2, 0) is 13.8 Å². The first kappa shape index (κ1) is 22.8. The lowest BCUT2D eigenvalue weighted by atomic mass is 9.95. The maximum Gasteiger partial charge on any atom is 0.280 e. The summed E-state index contributed by atoms with van der Waals surface area (Å²) in [7, 11) is 2.60. The molecule has 32 heavy (non-hydrogen) atoms. The zero-order valence-electron chi connectivity index (χ0n) is 18.6. The second-order valence-corrected chi connectivity index (χ2v) is 9.76. The minimum Gasteiger partial charge on any atom is -0.369 e. The number of ether oxygens (including phenoxy) is 1. The van der Waals surface area contributed by atoms with E-state index >= 15 is 0 Å². The normalized spacial score (nSPS) is 28.3.